The largest absolute Gasteiger partial charge is 0.455 e. The number of thioether (sulfide) groups is 1. The van der Waals surface area contributed by atoms with E-state index in [9.17, 15) is 14.0 Å². The molecule has 0 aliphatic rings. The average Bonchev–Trinajstić information content (AvgIpc) is 3.08. The summed E-state index contributed by atoms with van der Waals surface area (Å²) in [6.45, 7) is 3.17. The number of esters is 1. The zero-order chi connectivity index (χ0) is 20.3. The van der Waals surface area contributed by atoms with Gasteiger partial charge in [-0.2, -0.15) is 4.98 Å². The molecule has 3 aromatic rings. The molecule has 0 aliphatic heterocycles. The first-order valence-electron chi connectivity index (χ1n) is 8.35. The summed E-state index contributed by atoms with van der Waals surface area (Å²) >= 11 is 1.40. The third kappa shape index (κ3) is 4.45. The summed E-state index contributed by atoms with van der Waals surface area (Å²) in [5, 5.41) is 7.44. The monoisotopic (exact) mass is 403 g/mol. The Kier molecular flexibility index (Phi) is 5.88. The van der Waals surface area contributed by atoms with Gasteiger partial charge in [0.2, 0.25) is 5.16 Å². The number of aromatic nitrogens is 4. The molecule has 28 heavy (non-hydrogen) atoms. The van der Waals surface area contributed by atoms with E-state index in [1.807, 2.05) is 13.2 Å². The number of carbonyl (C=O) groups excluding carboxylic acids is 2. The zero-order valence-corrected chi connectivity index (χ0v) is 16.3. The first-order chi connectivity index (χ1) is 13.4. The SMILES string of the molecule is CSc1nc2nc(C)c(CC(=O)OCC(=O)Nc3ccc(F)cc3)c(C)n2n1. The molecule has 3 rings (SSSR count). The van der Waals surface area contributed by atoms with E-state index in [-0.39, 0.29) is 6.42 Å². The molecule has 0 saturated heterocycles. The van der Waals surface area contributed by atoms with Crippen LogP contribution in [0.3, 0.4) is 0 Å². The maximum absolute atomic E-state index is 12.9. The van der Waals surface area contributed by atoms with E-state index in [2.05, 4.69) is 20.4 Å². The first kappa shape index (κ1) is 19.7. The molecule has 2 heterocycles. The molecule has 1 aromatic carbocycles. The molecule has 8 nitrogen and oxygen atoms in total. The number of hydrogen-bond acceptors (Lipinski definition) is 7. The van der Waals surface area contributed by atoms with Crippen molar-refractivity contribution in [1.29, 1.82) is 0 Å². The smallest absolute Gasteiger partial charge is 0.310 e. The highest BCUT2D eigenvalue weighted by Gasteiger charge is 2.17. The minimum absolute atomic E-state index is 0.0428. The fourth-order valence-electron chi connectivity index (χ4n) is 2.60. The molecular weight excluding hydrogens is 385 g/mol. The van der Waals surface area contributed by atoms with Crippen LogP contribution in [0.2, 0.25) is 0 Å². The molecule has 1 N–H and O–H groups in total. The highest BCUT2D eigenvalue weighted by molar-refractivity contribution is 7.98. The third-order valence-electron chi connectivity index (χ3n) is 4.03. The Morgan fingerprint density at radius 3 is 2.61 bits per heavy atom. The predicted octanol–water partition coefficient (Wildman–Crippen LogP) is 2.33. The number of aryl methyl sites for hydroxylation is 2. The Hall–Kier alpha value is -3.01. The number of amides is 1. The van der Waals surface area contributed by atoms with Crippen molar-refractivity contribution in [3.63, 3.8) is 0 Å². The van der Waals surface area contributed by atoms with Crippen LogP contribution in [-0.2, 0) is 20.7 Å². The van der Waals surface area contributed by atoms with Crippen molar-refractivity contribution >= 4 is 35.1 Å². The van der Waals surface area contributed by atoms with Gasteiger partial charge in [0, 0.05) is 22.6 Å². The lowest BCUT2D eigenvalue weighted by atomic mass is 10.1. The number of anilines is 1. The minimum atomic E-state index is -0.563. The lowest BCUT2D eigenvalue weighted by molar-refractivity contribution is -0.146. The van der Waals surface area contributed by atoms with Crippen LogP contribution in [0.15, 0.2) is 29.4 Å². The molecule has 10 heteroatoms. The molecule has 0 aliphatic carbocycles. The molecule has 0 atom stereocenters. The second-order valence-electron chi connectivity index (χ2n) is 5.96. The normalized spacial score (nSPS) is 10.9. The van der Waals surface area contributed by atoms with Crippen molar-refractivity contribution in [1.82, 2.24) is 19.6 Å². The number of ether oxygens (including phenoxy) is 1. The summed E-state index contributed by atoms with van der Waals surface area (Å²) < 4.78 is 19.5. The summed E-state index contributed by atoms with van der Waals surface area (Å²) in [7, 11) is 0. The van der Waals surface area contributed by atoms with Gasteiger partial charge in [-0.3, -0.25) is 9.59 Å². The van der Waals surface area contributed by atoms with E-state index in [1.165, 1.54) is 36.0 Å². The second-order valence-corrected chi connectivity index (χ2v) is 6.74. The van der Waals surface area contributed by atoms with Crippen molar-refractivity contribution in [3.05, 3.63) is 47.0 Å². The highest BCUT2D eigenvalue weighted by Crippen LogP contribution is 2.17. The number of rotatable bonds is 6. The van der Waals surface area contributed by atoms with Crippen LogP contribution in [0.5, 0.6) is 0 Å². The van der Waals surface area contributed by atoms with E-state index in [0.29, 0.717) is 27.9 Å². The maximum Gasteiger partial charge on any atom is 0.310 e. The fraction of sp³-hybridized carbons (Fsp3) is 0.278. The standard InChI is InChI=1S/C18H18FN5O3S/c1-10-14(11(2)24-17(20-10)22-18(23-24)28-3)8-16(26)27-9-15(25)21-13-6-4-12(19)5-7-13/h4-7H,8-9H2,1-3H3,(H,21,25). The molecule has 0 fully saturated rings. The van der Waals surface area contributed by atoms with Gasteiger partial charge in [0.25, 0.3) is 11.7 Å². The average molecular weight is 403 g/mol. The zero-order valence-electron chi connectivity index (χ0n) is 15.5. The minimum Gasteiger partial charge on any atom is -0.455 e. The second kappa shape index (κ2) is 8.34. The molecule has 0 radical (unpaired) electrons. The Morgan fingerprint density at radius 1 is 1.21 bits per heavy atom. The van der Waals surface area contributed by atoms with E-state index in [0.717, 1.165) is 5.69 Å². The van der Waals surface area contributed by atoms with Gasteiger partial charge in [-0.05, 0) is 44.4 Å². The summed E-state index contributed by atoms with van der Waals surface area (Å²) in [5.41, 5.74) is 2.48. The maximum atomic E-state index is 12.9. The topological polar surface area (TPSA) is 98.5 Å². The molecule has 0 spiro atoms. The van der Waals surface area contributed by atoms with Gasteiger partial charge in [0.15, 0.2) is 6.61 Å². The van der Waals surface area contributed by atoms with E-state index >= 15 is 0 Å². The number of fused-ring (bicyclic) bond motifs is 1. The molecule has 0 unspecified atom stereocenters. The van der Waals surface area contributed by atoms with Crippen LogP contribution in [-0.4, -0.2) is 44.3 Å². The highest BCUT2D eigenvalue weighted by atomic mass is 32.2. The Labute approximate surface area is 164 Å². The van der Waals surface area contributed by atoms with Gasteiger partial charge in [0.1, 0.15) is 5.82 Å². The van der Waals surface area contributed by atoms with Crippen LogP contribution >= 0.6 is 11.8 Å². The summed E-state index contributed by atoms with van der Waals surface area (Å²) in [6.07, 6.45) is 1.82. The van der Waals surface area contributed by atoms with Crippen LogP contribution in [0.1, 0.15) is 17.0 Å². The predicted molar refractivity (Wildman–Crippen MR) is 102 cm³/mol. The summed E-state index contributed by atoms with van der Waals surface area (Å²) in [4.78, 5) is 32.7. The van der Waals surface area contributed by atoms with Crippen molar-refractivity contribution in [2.45, 2.75) is 25.4 Å². The number of carbonyl (C=O) groups is 2. The number of nitrogens with zero attached hydrogens (tertiary/aromatic N) is 4. The quantitative estimate of drug-likeness (QED) is 0.498. The Balaban J connectivity index is 1.62. The van der Waals surface area contributed by atoms with E-state index in [4.69, 9.17) is 4.74 Å². The van der Waals surface area contributed by atoms with E-state index < -0.39 is 24.3 Å². The third-order valence-corrected chi connectivity index (χ3v) is 4.56. The van der Waals surface area contributed by atoms with Crippen LogP contribution in [0, 0.1) is 19.7 Å². The number of halogens is 1. The molecule has 1 amide bonds. The fourth-order valence-corrected chi connectivity index (χ4v) is 2.94. The van der Waals surface area contributed by atoms with Gasteiger partial charge in [-0.25, -0.2) is 13.9 Å². The molecular formula is C18H18FN5O3S. The summed E-state index contributed by atoms with van der Waals surface area (Å²) in [6, 6.07) is 5.29. The lowest BCUT2D eigenvalue weighted by Crippen LogP contribution is -2.22. The molecule has 0 bridgehead atoms. The van der Waals surface area contributed by atoms with Crippen molar-refractivity contribution in [3.8, 4) is 0 Å². The molecule has 146 valence electrons. The van der Waals surface area contributed by atoms with Crippen LogP contribution in [0.4, 0.5) is 10.1 Å². The van der Waals surface area contributed by atoms with Gasteiger partial charge < -0.3 is 10.1 Å². The van der Waals surface area contributed by atoms with Gasteiger partial charge >= 0.3 is 5.97 Å². The Morgan fingerprint density at radius 2 is 1.93 bits per heavy atom. The van der Waals surface area contributed by atoms with Gasteiger partial charge in [-0.15, -0.1) is 5.10 Å². The number of nitrogens with one attached hydrogen (secondary N) is 1. The molecule has 0 saturated carbocycles. The van der Waals surface area contributed by atoms with Crippen molar-refractivity contribution < 1.29 is 18.7 Å². The number of benzene rings is 1. The first-order valence-corrected chi connectivity index (χ1v) is 9.57. The van der Waals surface area contributed by atoms with Gasteiger partial charge in [-0.1, -0.05) is 11.8 Å². The van der Waals surface area contributed by atoms with Crippen LogP contribution < -0.4 is 5.32 Å². The lowest BCUT2D eigenvalue weighted by Gasteiger charge is -2.10. The molecule has 2 aromatic heterocycles. The summed E-state index contributed by atoms with van der Waals surface area (Å²) in [5.74, 6) is -1.01. The Bertz CT molecular complexity index is 1040. The van der Waals surface area contributed by atoms with Crippen molar-refractivity contribution in [2.24, 2.45) is 0 Å². The van der Waals surface area contributed by atoms with E-state index in [1.54, 1.807) is 11.4 Å². The van der Waals surface area contributed by atoms with Gasteiger partial charge in [0.05, 0.1) is 6.42 Å². The van der Waals surface area contributed by atoms with Crippen LogP contribution in [0.25, 0.3) is 5.78 Å². The number of hydrogen-bond donors (Lipinski definition) is 1. The van der Waals surface area contributed by atoms with Crippen molar-refractivity contribution in [2.75, 3.05) is 18.2 Å².